The molecule has 0 spiro atoms. The molecular formula is C31H30N2O2S. The molecule has 1 aliphatic carbocycles. The number of fused-ring (bicyclic) bond motifs is 1. The van der Waals surface area contributed by atoms with Gasteiger partial charge in [-0.15, -0.1) is 0 Å². The van der Waals surface area contributed by atoms with E-state index in [1.54, 1.807) is 28.6 Å². The summed E-state index contributed by atoms with van der Waals surface area (Å²) < 4.78 is 29.6. The van der Waals surface area contributed by atoms with Gasteiger partial charge in [0, 0.05) is 42.8 Å². The molecule has 0 bridgehead atoms. The lowest BCUT2D eigenvalue weighted by atomic mass is 9.91. The Kier molecular flexibility index (Phi) is 6.12. The van der Waals surface area contributed by atoms with Crippen molar-refractivity contribution in [2.24, 2.45) is 0 Å². The maximum Gasteiger partial charge on any atom is 0.243 e. The first-order valence-electron chi connectivity index (χ1n) is 12.7. The predicted molar refractivity (Wildman–Crippen MR) is 146 cm³/mol. The first-order valence-corrected chi connectivity index (χ1v) is 14.1. The topological polar surface area (TPSA) is 40.6 Å². The number of aryl methyl sites for hydroxylation is 1. The molecule has 36 heavy (non-hydrogen) atoms. The van der Waals surface area contributed by atoms with Crippen LogP contribution in [0.5, 0.6) is 0 Å². The van der Waals surface area contributed by atoms with Crippen LogP contribution in [0.3, 0.4) is 0 Å². The van der Waals surface area contributed by atoms with Crippen LogP contribution in [0.1, 0.15) is 23.5 Å². The number of para-hydroxylation sites is 1. The fraction of sp³-hybridized carbons (Fsp3) is 0.226. The minimum absolute atomic E-state index is 0.142. The van der Waals surface area contributed by atoms with E-state index in [0.717, 1.165) is 18.5 Å². The van der Waals surface area contributed by atoms with Gasteiger partial charge in [0.2, 0.25) is 10.0 Å². The Bertz CT molecular complexity index is 1450. The number of benzene rings is 4. The zero-order valence-corrected chi connectivity index (χ0v) is 21.0. The van der Waals surface area contributed by atoms with E-state index in [9.17, 15) is 8.42 Å². The van der Waals surface area contributed by atoms with Crippen LogP contribution in [-0.2, 0) is 16.4 Å². The number of piperazine rings is 1. The molecule has 4 aromatic carbocycles. The van der Waals surface area contributed by atoms with Gasteiger partial charge in [-0.3, -0.25) is 0 Å². The zero-order chi connectivity index (χ0) is 24.5. The van der Waals surface area contributed by atoms with E-state index in [4.69, 9.17) is 0 Å². The van der Waals surface area contributed by atoms with Crippen molar-refractivity contribution in [1.29, 1.82) is 0 Å². The number of anilines is 1. The van der Waals surface area contributed by atoms with E-state index in [2.05, 4.69) is 77.7 Å². The molecule has 6 rings (SSSR count). The lowest BCUT2D eigenvalue weighted by Crippen LogP contribution is -2.57. The van der Waals surface area contributed by atoms with E-state index in [1.807, 2.05) is 12.1 Å². The molecular weight excluding hydrogens is 464 g/mol. The monoisotopic (exact) mass is 494 g/mol. The first-order chi connectivity index (χ1) is 17.6. The van der Waals surface area contributed by atoms with Gasteiger partial charge in [0.1, 0.15) is 0 Å². The smallest absolute Gasteiger partial charge is 0.243 e. The highest BCUT2D eigenvalue weighted by atomic mass is 32.2. The van der Waals surface area contributed by atoms with Crippen molar-refractivity contribution in [2.45, 2.75) is 29.7 Å². The molecule has 1 heterocycles. The number of sulfonamides is 1. The van der Waals surface area contributed by atoms with Gasteiger partial charge in [-0.1, -0.05) is 91.0 Å². The molecule has 4 aromatic rings. The van der Waals surface area contributed by atoms with Crippen LogP contribution in [0.25, 0.3) is 11.1 Å². The molecule has 1 saturated heterocycles. The van der Waals surface area contributed by atoms with Crippen LogP contribution >= 0.6 is 0 Å². The Morgan fingerprint density at radius 2 is 1.36 bits per heavy atom. The van der Waals surface area contributed by atoms with Crippen molar-refractivity contribution < 1.29 is 8.42 Å². The average Bonchev–Trinajstić information content (AvgIpc) is 3.38. The summed E-state index contributed by atoms with van der Waals surface area (Å²) in [4.78, 5) is 2.77. The third-order valence-electron chi connectivity index (χ3n) is 7.69. The van der Waals surface area contributed by atoms with Crippen molar-refractivity contribution >= 4 is 15.7 Å². The molecule has 2 atom stereocenters. The van der Waals surface area contributed by atoms with Crippen molar-refractivity contribution in [3.05, 3.63) is 120 Å². The van der Waals surface area contributed by atoms with Crippen LogP contribution in [0.15, 0.2) is 114 Å². The summed E-state index contributed by atoms with van der Waals surface area (Å²) in [6.45, 7) is 1.78. The van der Waals surface area contributed by atoms with Gasteiger partial charge in [0.15, 0.2) is 0 Å². The van der Waals surface area contributed by atoms with Gasteiger partial charge < -0.3 is 4.90 Å². The maximum absolute atomic E-state index is 13.9. The van der Waals surface area contributed by atoms with Crippen LogP contribution in [0.2, 0.25) is 0 Å². The van der Waals surface area contributed by atoms with E-state index in [0.29, 0.717) is 24.5 Å². The van der Waals surface area contributed by atoms with Gasteiger partial charge in [0.25, 0.3) is 0 Å². The second kappa shape index (κ2) is 9.57. The summed E-state index contributed by atoms with van der Waals surface area (Å²) in [7, 11) is -3.61. The second-order valence-corrected chi connectivity index (χ2v) is 11.6. The van der Waals surface area contributed by atoms with Gasteiger partial charge in [0.05, 0.1) is 4.90 Å². The van der Waals surface area contributed by atoms with E-state index in [1.165, 1.54) is 22.3 Å². The highest BCUT2D eigenvalue weighted by Crippen LogP contribution is 2.41. The largest absolute Gasteiger partial charge is 0.368 e. The Morgan fingerprint density at radius 3 is 2.17 bits per heavy atom. The second-order valence-electron chi connectivity index (χ2n) is 9.67. The molecule has 0 radical (unpaired) electrons. The van der Waals surface area contributed by atoms with Crippen LogP contribution < -0.4 is 4.90 Å². The van der Waals surface area contributed by atoms with Gasteiger partial charge in [-0.2, -0.15) is 4.31 Å². The summed E-state index contributed by atoms with van der Waals surface area (Å²) in [6, 6.07) is 36.2. The highest BCUT2D eigenvalue weighted by Gasteiger charge is 2.42. The van der Waals surface area contributed by atoms with E-state index < -0.39 is 10.0 Å². The molecule has 1 fully saturated rings. The highest BCUT2D eigenvalue weighted by molar-refractivity contribution is 7.89. The van der Waals surface area contributed by atoms with Crippen molar-refractivity contribution in [3.63, 3.8) is 0 Å². The maximum atomic E-state index is 13.9. The Hall–Kier alpha value is -3.41. The third-order valence-corrected chi connectivity index (χ3v) is 9.63. The molecule has 1 aliphatic heterocycles. The number of rotatable bonds is 5. The van der Waals surface area contributed by atoms with Crippen molar-refractivity contribution in [3.8, 4) is 11.1 Å². The molecule has 0 saturated carbocycles. The molecule has 4 nitrogen and oxygen atoms in total. The predicted octanol–water partition coefficient (Wildman–Crippen LogP) is 5.96. The minimum Gasteiger partial charge on any atom is -0.368 e. The summed E-state index contributed by atoms with van der Waals surface area (Å²) in [6.07, 6.45) is 1.97. The molecule has 0 amide bonds. The number of nitrogens with zero attached hydrogens (tertiary/aromatic N) is 2. The van der Waals surface area contributed by atoms with Gasteiger partial charge in [-0.05, 0) is 47.7 Å². The van der Waals surface area contributed by atoms with Crippen LogP contribution in [0.4, 0.5) is 5.69 Å². The minimum atomic E-state index is -3.61. The van der Waals surface area contributed by atoms with E-state index >= 15 is 0 Å². The SMILES string of the molecule is O=S(=O)(c1ccccc1)N1CCN(c2ccccc2-c2ccccc2)CC1C1CCc2ccccc21. The fourth-order valence-corrected chi connectivity index (χ4v) is 7.63. The van der Waals surface area contributed by atoms with Crippen LogP contribution in [-0.4, -0.2) is 38.4 Å². The summed E-state index contributed by atoms with van der Waals surface area (Å²) in [5, 5.41) is 0. The van der Waals surface area contributed by atoms with E-state index in [-0.39, 0.29) is 12.0 Å². The zero-order valence-electron chi connectivity index (χ0n) is 20.2. The molecule has 0 N–H and O–H groups in total. The molecule has 0 aromatic heterocycles. The molecule has 182 valence electrons. The summed E-state index contributed by atoms with van der Waals surface area (Å²) in [5.41, 5.74) is 6.17. The third kappa shape index (κ3) is 4.12. The Morgan fingerprint density at radius 1 is 0.694 bits per heavy atom. The molecule has 2 unspecified atom stereocenters. The quantitative estimate of drug-likeness (QED) is 0.344. The van der Waals surface area contributed by atoms with Crippen LogP contribution in [0, 0.1) is 0 Å². The lowest BCUT2D eigenvalue weighted by molar-refractivity contribution is 0.253. The van der Waals surface area contributed by atoms with Crippen molar-refractivity contribution in [2.75, 3.05) is 24.5 Å². The van der Waals surface area contributed by atoms with Gasteiger partial charge in [-0.25, -0.2) is 8.42 Å². The Labute approximate surface area is 213 Å². The molecule has 5 heteroatoms. The lowest BCUT2D eigenvalue weighted by Gasteiger charge is -2.44. The summed E-state index contributed by atoms with van der Waals surface area (Å²) >= 11 is 0. The number of hydrogen-bond donors (Lipinski definition) is 0. The first kappa shape index (κ1) is 23.0. The standard InChI is InChI=1S/C31H30N2O2S/c34-36(35,26-14-5-2-6-15-26)33-22-21-32(23-31(33)29-20-19-25-13-7-8-16-27(25)29)30-18-10-9-17-28(30)24-11-3-1-4-12-24/h1-18,29,31H,19-23H2. The van der Waals surface area contributed by atoms with Crippen molar-refractivity contribution in [1.82, 2.24) is 4.31 Å². The Balaban J connectivity index is 1.40. The normalized spacial score (nSPS) is 20.3. The number of hydrogen-bond acceptors (Lipinski definition) is 3. The molecule has 2 aliphatic rings. The average molecular weight is 495 g/mol. The van der Waals surface area contributed by atoms with Gasteiger partial charge >= 0.3 is 0 Å². The fourth-order valence-electron chi connectivity index (χ4n) is 5.97. The summed E-state index contributed by atoms with van der Waals surface area (Å²) in [5.74, 6) is 0.173.